The molecule has 6 heteroatoms. The molecule has 0 aliphatic carbocycles. The summed E-state index contributed by atoms with van der Waals surface area (Å²) < 4.78 is 0. The Morgan fingerprint density at radius 3 is 2.48 bits per heavy atom. The molecule has 142 valence electrons. The van der Waals surface area contributed by atoms with Crippen LogP contribution in [0.4, 0.5) is 5.69 Å². The zero-order valence-corrected chi connectivity index (χ0v) is 15.4. The number of β-amino-alcohol motifs (C(OH)–C–C–N with tert-alkyl or cyclic N) is 1. The number of hydrogen-bond acceptors (Lipinski definition) is 4. The number of nitrogens with zero attached hydrogens (tertiary/aromatic N) is 1. The molecule has 3 rings (SSSR count). The molecule has 1 aliphatic rings. The highest BCUT2D eigenvalue weighted by Crippen LogP contribution is 2.31. The number of aliphatic hydroxyl groups is 1. The van der Waals surface area contributed by atoms with Gasteiger partial charge in [-0.1, -0.05) is 42.5 Å². The van der Waals surface area contributed by atoms with Crippen molar-refractivity contribution in [1.82, 2.24) is 10.2 Å². The summed E-state index contributed by atoms with van der Waals surface area (Å²) in [7, 11) is 0. The normalized spacial score (nSPS) is 19.6. The van der Waals surface area contributed by atoms with E-state index < -0.39 is 5.60 Å². The lowest BCUT2D eigenvalue weighted by molar-refractivity contribution is -0.122. The first-order valence-electron chi connectivity index (χ1n) is 9.08. The van der Waals surface area contributed by atoms with Gasteiger partial charge in [0.15, 0.2) is 0 Å². The minimum atomic E-state index is -0.888. The molecular formula is C21H25N3O3. The Bertz CT molecular complexity index is 792. The van der Waals surface area contributed by atoms with E-state index in [2.05, 4.69) is 10.6 Å². The van der Waals surface area contributed by atoms with E-state index in [0.29, 0.717) is 26.1 Å². The van der Waals surface area contributed by atoms with Crippen molar-refractivity contribution >= 4 is 17.5 Å². The second-order valence-electron chi connectivity index (χ2n) is 7.01. The molecule has 1 saturated heterocycles. The predicted octanol–water partition coefficient (Wildman–Crippen LogP) is 1.85. The molecular weight excluding hydrogens is 342 g/mol. The SMILES string of the molecule is CC(=O)Nc1ccc(CNC(=O)CN2CCC(O)(c3ccccc3)C2)cc1. The highest BCUT2D eigenvalue weighted by Gasteiger charge is 2.37. The molecule has 0 spiro atoms. The smallest absolute Gasteiger partial charge is 0.234 e. The van der Waals surface area contributed by atoms with Crippen LogP contribution in [-0.4, -0.2) is 41.5 Å². The van der Waals surface area contributed by atoms with Crippen LogP contribution in [0.25, 0.3) is 0 Å². The number of carbonyl (C=O) groups is 2. The third kappa shape index (κ3) is 5.15. The minimum Gasteiger partial charge on any atom is -0.384 e. The van der Waals surface area contributed by atoms with Crippen molar-refractivity contribution in [3.63, 3.8) is 0 Å². The summed E-state index contributed by atoms with van der Waals surface area (Å²) in [5.74, 6) is -0.185. The molecule has 1 fully saturated rings. The van der Waals surface area contributed by atoms with Gasteiger partial charge in [0.2, 0.25) is 11.8 Å². The number of rotatable bonds is 6. The highest BCUT2D eigenvalue weighted by molar-refractivity contribution is 5.88. The van der Waals surface area contributed by atoms with Crippen LogP contribution in [-0.2, 0) is 21.7 Å². The predicted molar refractivity (Wildman–Crippen MR) is 104 cm³/mol. The van der Waals surface area contributed by atoms with Gasteiger partial charge >= 0.3 is 0 Å². The lowest BCUT2D eigenvalue weighted by Crippen LogP contribution is -2.38. The Morgan fingerprint density at radius 1 is 1.11 bits per heavy atom. The van der Waals surface area contributed by atoms with Gasteiger partial charge in [0.1, 0.15) is 5.60 Å². The molecule has 1 atom stereocenters. The minimum absolute atomic E-state index is 0.0711. The van der Waals surface area contributed by atoms with Crippen LogP contribution in [0, 0.1) is 0 Å². The van der Waals surface area contributed by atoms with Gasteiger partial charge in [-0.15, -0.1) is 0 Å². The van der Waals surface area contributed by atoms with E-state index in [0.717, 1.165) is 16.8 Å². The van der Waals surface area contributed by atoms with Gasteiger partial charge in [0.05, 0.1) is 6.54 Å². The molecule has 0 saturated carbocycles. The topological polar surface area (TPSA) is 81.7 Å². The molecule has 2 amide bonds. The number of carbonyl (C=O) groups excluding carboxylic acids is 2. The Morgan fingerprint density at radius 2 is 1.81 bits per heavy atom. The number of benzene rings is 2. The van der Waals surface area contributed by atoms with Gasteiger partial charge in [-0.3, -0.25) is 14.5 Å². The van der Waals surface area contributed by atoms with Crippen molar-refractivity contribution in [3.8, 4) is 0 Å². The van der Waals surface area contributed by atoms with Crippen molar-refractivity contribution in [2.75, 3.05) is 25.0 Å². The lowest BCUT2D eigenvalue weighted by atomic mass is 9.93. The van der Waals surface area contributed by atoms with Gasteiger partial charge in [0, 0.05) is 32.2 Å². The molecule has 0 aromatic heterocycles. The quantitative estimate of drug-likeness (QED) is 0.728. The Balaban J connectivity index is 1.47. The van der Waals surface area contributed by atoms with Gasteiger partial charge in [-0.25, -0.2) is 0 Å². The van der Waals surface area contributed by atoms with Crippen molar-refractivity contribution < 1.29 is 14.7 Å². The van der Waals surface area contributed by atoms with Crippen LogP contribution < -0.4 is 10.6 Å². The summed E-state index contributed by atoms with van der Waals surface area (Å²) in [4.78, 5) is 25.2. The molecule has 2 aromatic carbocycles. The van der Waals surface area contributed by atoms with Crippen molar-refractivity contribution in [2.45, 2.75) is 25.5 Å². The van der Waals surface area contributed by atoms with Gasteiger partial charge in [-0.2, -0.15) is 0 Å². The van der Waals surface area contributed by atoms with E-state index in [9.17, 15) is 14.7 Å². The maximum Gasteiger partial charge on any atom is 0.234 e. The third-order valence-corrected chi connectivity index (χ3v) is 4.77. The van der Waals surface area contributed by atoms with Crippen molar-refractivity contribution in [3.05, 3.63) is 65.7 Å². The molecule has 1 unspecified atom stereocenters. The van der Waals surface area contributed by atoms with E-state index in [1.165, 1.54) is 6.92 Å². The summed E-state index contributed by atoms with van der Waals surface area (Å²) in [6, 6.07) is 17.0. The molecule has 3 N–H and O–H groups in total. The van der Waals surface area contributed by atoms with Crippen LogP contribution in [0.1, 0.15) is 24.5 Å². The number of anilines is 1. The fourth-order valence-electron chi connectivity index (χ4n) is 3.36. The zero-order valence-electron chi connectivity index (χ0n) is 15.4. The first-order valence-corrected chi connectivity index (χ1v) is 9.08. The molecule has 6 nitrogen and oxygen atoms in total. The summed E-state index contributed by atoms with van der Waals surface area (Å²) in [6.07, 6.45) is 0.620. The van der Waals surface area contributed by atoms with Crippen molar-refractivity contribution in [1.29, 1.82) is 0 Å². The van der Waals surface area contributed by atoms with Crippen LogP contribution in [0.15, 0.2) is 54.6 Å². The fourth-order valence-corrected chi connectivity index (χ4v) is 3.36. The summed E-state index contributed by atoms with van der Waals surface area (Å²) in [5.41, 5.74) is 1.70. The number of hydrogen-bond donors (Lipinski definition) is 3. The zero-order chi connectivity index (χ0) is 19.3. The second-order valence-corrected chi connectivity index (χ2v) is 7.01. The average Bonchev–Trinajstić information content (AvgIpc) is 3.03. The van der Waals surface area contributed by atoms with Crippen LogP contribution in [0.2, 0.25) is 0 Å². The fraction of sp³-hybridized carbons (Fsp3) is 0.333. The van der Waals surface area contributed by atoms with Gasteiger partial charge in [-0.05, 0) is 29.7 Å². The third-order valence-electron chi connectivity index (χ3n) is 4.77. The van der Waals surface area contributed by atoms with Gasteiger partial charge < -0.3 is 15.7 Å². The first-order chi connectivity index (χ1) is 12.9. The molecule has 0 bridgehead atoms. The average molecular weight is 367 g/mol. The van der Waals surface area contributed by atoms with Crippen LogP contribution in [0.5, 0.6) is 0 Å². The second kappa shape index (κ2) is 8.33. The monoisotopic (exact) mass is 367 g/mol. The number of nitrogens with one attached hydrogen (secondary N) is 2. The van der Waals surface area contributed by atoms with E-state index in [-0.39, 0.29) is 18.4 Å². The van der Waals surface area contributed by atoms with Crippen LogP contribution >= 0.6 is 0 Å². The molecule has 2 aromatic rings. The molecule has 1 heterocycles. The molecule has 0 radical (unpaired) electrons. The summed E-state index contributed by atoms with van der Waals surface area (Å²) in [5, 5.41) is 16.5. The number of likely N-dealkylation sites (tertiary alicyclic amines) is 1. The van der Waals surface area contributed by atoms with E-state index in [1.54, 1.807) is 0 Å². The van der Waals surface area contributed by atoms with Crippen molar-refractivity contribution in [2.24, 2.45) is 0 Å². The van der Waals surface area contributed by atoms with E-state index >= 15 is 0 Å². The maximum atomic E-state index is 12.2. The first kappa shape index (κ1) is 19.1. The largest absolute Gasteiger partial charge is 0.384 e. The number of amides is 2. The Hall–Kier alpha value is -2.70. The Labute approximate surface area is 159 Å². The summed E-state index contributed by atoms with van der Waals surface area (Å²) in [6.45, 7) is 3.29. The van der Waals surface area contributed by atoms with E-state index in [4.69, 9.17) is 0 Å². The van der Waals surface area contributed by atoms with Crippen LogP contribution in [0.3, 0.4) is 0 Å². The molecule has 27 heavy (non-hydrogen) atoms. The maximum absolute atomic E-state index is 12.2. The summed E-state index contributed by atoms with van der Waals surface area (Å²) >= 11 is 0. The van der Waals surface area contributed by atoms with Gasteiger partial charge in [0.25, 0.3) is 0 Å². The van der Waals surface area contributed by atoms with E-state index in [1.807, 2.05) is 59.5 Å². The Kier molecular flexibility index (Phi) is 5.88. The molecule has 1 aliphatic heterocycles. The standard InChI is InChI=1S/C21H25N3O3/c1-16(25)23-19-9-7-17(8-10-19)13-22-20(26)14-24-12-11-21(27,15-24)18-5-3-2-4-6-18/h2-10,27H,11-15H2,1H3,(H,22,26)(H,23,25). The highest BCUT2D eigenvalue weighted by atomic mass is 16.3. The lowest BCUT2D eigenvalue weighted by Gasteiger charge is -2.23.